The molecule has 124 valence electrons. The molecule has 6 heteroatoms. The molecule has 0 saturated heterocycles. The molecule has 3 heterocycles. The van der Waals surface area contributed by atoms with E-state index in [1.165, 1.54) is 5.56 Å². The number of hydrogen-bond donors (Lipinski definition) is 2. The minimum Gasteiger partial charge on any atom is -0.385 e. The van der Waals surface area contributed by atoms with Crippen LogP contribution in [0.25, 0.3) is 22.6 Å². The van der Waals surface area contributed by atoms with Crippen LogP contribution in [0.2, 0.25) is 0 Å². The molecule has 0 spiro atoms. The van der Waals surface area contributed by atoms with E-state index in [-0.39, 0.29) is 0 Å². The summed E-state index contributed by atoms with van der Waals surface area (Å²) in [6, 6.07) is 4.06. The number of rotatable bonds is 5. The van der Waals surface area contributed by atoms with E-state index in [0.29, 0.717) is 11.5 Å². The van der Waals surface area contributed by atoms with Crippen LogP contribution in [0, 0.1) is 6.92 Å². The van der Waals surface area contributed by atoms with Gasteiger partial charge in [0.2, 0.25) is 0 Å². The lowest BCUT2D eigenvalue weighted by atomic mass is 10.1. The lowest BCUT2D eigenvalue weighted by molar-refractivity contribution is 0.940. The summed E-state index contributed by atoms with van der Waals surface area (Å²) in [5.41, 5.74) is 12.3. The van der Waals surface area contributed by atoms with Crippen LogP contribution in [0.15, 0.2) is 31.1 Å². The van der Waals surface area contributed by atoms with Crippen LogP contribution in [-0.2, 0) is 6.42 Å². The van der Waals surface area contributed by atoms with Crippen molar-refractivity contribution in [2.24, 2.45) is 0 Å². The molecule has 3 N–H and O–H groups in total. The minimum absolute atomic E-state index is 0.418. The van der Waals surface area contributed by atoms with Gasteiger partial charge in [-0.25, -0.2) is 9.50 Å². The second-order valence-electron chi connectivity index (χ2n) is 5.67. The Morgan fingerprint density at radius 2 is 2.17 bits per heavy atom. The maximum absolute atomic E-state index is 6.05. The number of nitrogens with one attached hydrogen (secondary N) is 1. The Kier molecular flexibility index (Phi) is 4.20. The van der Waals surface area contributed by atoms with Crippen molar-refractivity contribution in [3.63, 3.8) is 0 Å². The highest BCUT2D eigenvalue weighted by molar-refractivity contribution is 5.82. The molecule has 0 atom stereocenters. The van der Waals surface area contributed by atoms with E-state index in [0.717, 1.165) is 41.2 Å². The summed E-state index contributed by atoms with van der Waals surface area (Å²) in [5, 5.41) is 7.50. The third-order valence-corrected chi connectivity index (χ3v) is 4.07. The summed E-state index contributed by atoms with van der Waals surface area (Å²) < 4.78 is 1.68. The van der Waals surface area contributed by atoms with Gasteiger partial charge in [-0.3, -0.25) is 4.98 Å². The first-order valence-corrected chi connectivity index (χ1v) is 8.09. The van der Waals surface area contributed by atoms with Crippen molar-refractivity contribution >= 4 is 17.2 Å². The molecule has 3 aromatic heterocycles. The Hall–Kier alpha value is -2.89. The van der Waals surface area contributed by atoms with Gasteiger partial charge in [0.25, 0.3) is 0 Å². The van der Waals surface area contributed by atoms with Crippen LogP contribution >= 0.6 is 0 Å². The number of pyridine rings is 1. The first-order valence-electron chi connectivity index (χ1n) is 8.09. The highest BCUT2D eigenvalue weighted by Gasteiger charge is 2.15. The van der Waals surface area contributed by atoms with E-state index >= 15 is 0 Å². The van der Waals surface area contributed by atoms with Crippen LogP contribution < -0.4 is 11.1 Å². The van der Waals surface area contributed by atoms with Crippen LogP contribution in [-0.4, -0.2) is 26.1 Å². The summed E-state index contributed by atoms with van der Waals surface area (Å²) >= 11 is 0. The second kappa shape index (κ2) is 6.31. The predicted octanol–water partition coefficient (Wildman–Crippen LogP) is 2.82. The molecule has 0 unspecified atom stereocenters. The number of nitrogens with zero attached hydrogens (tertiary/aromatic N) is 4. The number of anilines is 1. The molecule has 0 aliphatic heterocycles. The average molecular weight is 322 g/mol. The number of aromatic nitrogens is 4. The lowest BCUT2D eigenvalue weighted by Gasteiger charge is -2.08. The first kappa shape index (κ1) is 16.0. The van der Waals surface area contributed by atoms with Gasteiger partial charge in [-0.1, -0.05) is 13.5 Å². The van der Waals surface area contributed by atoms with Crippen molar-refractivity contribution in [2.45, 2.75) is 27.2 Å². The molecule has 0 bridgehead atoms. The molecule has 0 aromatic carbocycles. The highest BCUT2D eigenvalue weighted by Crippen LogP contribution is 2.25. The fourth-order valence-electron chi connectivity index (χ4n) is 2.77. The largest absolute Gasteiger partial charge is 0.385 e. The molecule has 0 fully saturated rings. The molecule has 0 aliphatic carbocycles. The monoisotopic (exact) mass is 322 g/mol. The van der Waals surface area contributed by atoms with Gasteiger partial charge in [0, 0.05) is 35.9 Å². The van der Waals surface area contributed by atoms with Gasteiger partial charge in [0.15, 0.2) is 11.5 Å². The normalized spacial score (nSPS) is 11.0. The Bertz CT molecular complexity index is 909. The van der Waals surface area contributed by atoms with E-state index in [1.54, 1.807) is 4.52 Å². The Morgan fingerprint density at radius 1 is 1.38 bits per heavy atom. The van der Waals surface area contributed by atoms with Gasteiger partial charge in [-0.15, -0.1) is 5.10 Å². The zero-order chi connectivity index (χ0) is 17.3. The summed E-state index contributed by atoms with van der Waals surface area (Å²) in [5.74, 6) is 0.418. The van der Waals surface area contributed by atoms with Crippen LogP contribution in [0.5, 0.6) is 0 Å². The van der Waals surface area contributed by atoms with E-state index in [1.807, 2.05) is 32.3 Å². The van der Waals surface area contributed by atoms with Crippen molar-refractivity contribution in [1.29, 1.82) is 0 Å². The Labute approximate surface area is 141 Å². The van der Waals surface area contributed by atoms with E-state index < -0.39 is 0 Å². The maximum atomic E-state index is 6.05. The highest BCUT2D eigenvalue weighted by atomic mass is 15.3. The van der Waals surface area contributed by atoms with Crippen LogP contribution in [0.4, 0.5) is 5.82 Å². The lowest BCUT2D eigenvalue weighted by Crippen LogP contribution is -2.11. The van der Waals surface area contributed by atoms with Crippen LogP contribution in [0.3, 0.4) is 0 Å². The van der Waals surface area contributed by atoms with Crippen molar-refractivity contribution in [3.05, 3.63) is 47.9 Å². The number of aryl methyl sites for hydroxylation is 2. The standard InChI is InChI=1S/C18H22N6/c1-5-13-9-14(10-21-11(13)3)15-7-8-24-18(22-15)16(17(19)23-24)12(4)20-6-2/h7-10,20H,4-6H2,1-3H3,(H2,19,23). The average Bonchev–Trinajstić information content (AvgIpc) is 2.90. The van der Waals surface area contributed by atoms with E-state index in [9.17, 15) is 0 Å². The topological polar surface area (TPSA) is 81.1 Å². The van der Waals surface area contributed by atoms with Gasteiger partial charge >= 0.3 is 0 Å². The number of nitrogen functional groups attached to an aromatic ring is 1. The molecule has 0 amide bonds. The summed E-state index contributed by atoms with van der Waals surface area (Å²) in [6.07, 6.45) is 4.66. The molecule has 0 aliphatic rings. The van der Waals surface area contributed by atoms with Gasteiger partial charge in [-0.2, -0.15) is 0 Å². The maximum Gasteiger partial charge on any atom is 0.167 e. The Morgan fingerprint density at radius 3 is 2.88 bits per heavy atom. The molecule has 3 rings (SSSR count). The molecule has 0 saturated carbocycles. The van der Waals surface area contributed by atoms with Crippen molar-refractivity contribution < 1.29 is 0 Å². The number of hydrogen-bond acceptors (Lipinski definition) is 5. The molecular weight excluding hydrogens is 300 g/mol. The fraction of sp³-hybridized carbons (Fsp3) is 0.278. The molecule has 24 heavy (non-hydrogen) atoms. The zero-order valence-corrected chi connectivity index (χ0v) is 14.3. The van der Waals surface area contributed by atoms with Crippen molar-refractivity contribution in [3.8, 4) is 11.3 Å². The Balaban J connectivity index is 2.14. The summed E-state index contributed by atoms with van der Waals surface area (Å²) in [6.45, 7) is 11.0. The van der Waals surface area contributed by atoms with Gasteiger partial charge in [-0.05, 0) is 38.0 Å². The number of fused-ring (bicyclic) bond motifs is 1. The van der Waals surface area contributed by atoms with Gasteiger partial charge < -0.3 is 11.1 Å². The first-order chi connectivity index (χ1) is 11.5. The number of nitrogens with two attached hydrogens (primary N) is 1. The molecular formula is C18H22N6. The summed E-state index contributed by atoms with van der Waals surface area (Å²) in [4.78, 5) is 9.24. The van der Waals surface area contributed by atoms with Gasteiger partial charge in [0.1, 0.15) is 0 Å². The molecule has 0 radical (unpaired) electrons. The zero-order valence-electron chi connectivity index (χ0n) is 14.3. The summed E-state index contributed by atoms with van der Waals surface area (Å²) in [7, 11) is 0. The fourth-order valence-corrected chi connectivity index (χ4v) is 2.77. The predicted molar refractivity (Wildman–Crippen MR) is 97.5 cm³/mol. The quantitative estimate of drug-likeness (QED) is 0.755. The third-order valence-electron chi connectivity index (χ3n) is 4.07. The van der Waals surface area contributed by atoms with E-state index in [4.69, 9.17) is 10.7 Å². The molecule has 3 aromatic rings. The third kappa shape index (κ3) is 2.71. The van der Waals surface area contributed by atoms with Gasteiger partial charge in [0.05, 0.1) is 11.3 Å². The van der Waals surface area contributed by atoms with Crippen molar-refractivity contribution in [2.75, 3.05) is 12.3 Å². The van der Waals surface area contributed by atoms with E-state index in [2.05, 4.69) is 35.0 Å². The van der Waals surface area contributed by atoms with Crippen LogP contribution in [0.1, 0.15) is 30.7 Å². The van der Waals surface area contributed by atoms with Crippen molar-refractivity contribution in [1.82, 2.24) is 24.9 Å². The smallest absolute Gasteiger partial charge is 0.167 e. The minimum atomic E-state index is 0.418. The SMILES string of the molecule is C=C(NCC)c1c(N)nn2ccc(-c3cnc(C)c(CC)c3)nc12. The second-order valence-corrected chi connectivity index (χ2v) is 5.67. The molecule has 6 nitrogen and oxygen atoms in total.